The van der Waals surface area contributed by atoms with Crippen LogP contribution in [-0.4, -0.2) is 24.0 Å². The normalized spacial score (nSPS) is 24.1. The zero-order chi connectivity index (χ0) is 13.3. The number of nitrogens with one attached hydrogen (secondary N) is 3. The van der Waals surface area contributed by atoms with E-state index in [0.717, 1.165) is 37.9 Å². The molecule has 0 radical (unpaired) electrons. The largest absolute Gasteiger partial charge is 0.352 e. The lowest BCUT2D eigenvalue weighted by atomic mass is 9.92. The summed E-state index contributed by atoms with van der Waals surface area (Å²) in [5.41, 5.74) is 1.08. The van der Waals surface area contributed by atoms with Crippen LogP contribution in [0.1, 0.15) is 24.8 Å². The molecule has 5 heteroatoms. The van der Waals surface area contributed by atoms with Crippen molar-refractivity contribution in [1.29, 1.82) is 0 Å². The number of carbonyl (C=O) groups is 1. The van der Waals surface area contributed by atoms with Gasteiger partial charge in [-0.15, -0.1) is 0 Å². The van der Waals surface area contributed by atoms with Gasteiger partial charge in [0.05, 0.1) is 0 Å². The lowest BCUT2D eigenvalue weighted by Gasteiger charge is -2.23. The van der Waals surface area contributed by atoms with E-state index in [1.165, 1.54) is 6.07 Å². The summed E-state index contributed by atoms with van der Waals surface area (Å²) in [5, 5.41) is 6.31. The smallest absolute Gasteiger partial charge is 0.247 e. The maximum atomic E-state index is 12.1. The summed E-state index contributed by atoms with van der Waals surface area (Å²) in [6.45, 7) is 2.55. The molecule has 1 unspecified atom stereocenters. The number of H-pyrrole nitrogens is 1. The first-order valence-electron chi connectivity index (χ1n) is 6.86. The Kier molecular flexibility index (Phi) is 3.14. The molecule has 1 atom stereocenters. The Morgan fingerprint density at radius 2 is 2.16 bits per heavy atom. The monoisotopic (exact) mass is 261 g/mol. The van der Waals surface area contributed by atoms with Gasteiger partial charge in [-0.1, -0.05) is 6.07 Å². The lowest BCUT2D eigenvalue weighted by Crippen LogP contribution is -2.33. The lowest BCUT2D eigenvalue weighted by molar-refractivity contribution is -0.123. The third kappa shape index (κ3) is 2.56. The minimum atomic E-state index is -0.120. The Hall–Kier alpha value is -1.62. The highest BCUT2D eigenvalue weighted by atomic mass is 16.2. The van der Waals surface area contributed by atoms with Crippen molar-refractivity contribution in [1.82, 2.24) is 15.6 Å². The molecule has 102 valence electrons. The van der Waals surface area contributed by atoms with Crippen molar-refractivity contribution in [3.8, 4) is 0 Å². The number of hydrogen-bond donors (Lipinski definition) is 3. The topological polar surface area (TPSA) is 74.0 Å². The van der Waals surface area contributed by atoms with Crippen molar-refractivity contribution in [2.24, 2.45) is 11.3 Å². The van der Waals surface area contributed by atoms with Crippen LogP contribution in [0.15, 0.2) is 23.1 Å². The van der Waals surface area contributed by atoms with E-state index in [4.69, 9.17) is 0 Å². The van der Waals surface area contributed by atoms with Gasteiger partial charge >= 0.3 is 0 Å². The molecular formula is C14H19N3O2. The first-order chi connectivity index (χ1) is 9.20. The predicted octanol–water partition coefficient (Wildman–Crippen LogP) is 0.381. The van der Waals surface area contributed by atoms with E-state index in [2.05, 4.69) is 15.6 Å². The van der Waals surface area contributed by atoms with Crippen molar-refractivity contribution in [3.63, 3.8) is 0 Å². The first kappa shape index (κ1) is 12.4. The standard InChI is InChI=1S/C14H19N3O2/c18-12-2-1-10(8-16-12)9-17-13(19)11-7-14(11)3-5-15-6-4-14/h1-2,8,11,15H,3-7,9H2,(H,16,18)(H,17,19). The highest BCUT2D eigenvalue weighted by molar-refractivity contribution is 5.82. The van der Waals surface area contributed by atoms with Crippen LogP contribution in [0.3, 0.4) is 0 Å². The van der Waals surface area contributed by atoms with Gasteiger partial charge in [-0.2, -0.15) is 0 Å². The second-order valence-corrected chi connectivity index (χ2v) is 5.65. The maximum Gasteiger partial charge on any atom is 0.247 e. The highest BCUT2D eigenvalue weighted by Crippen LogP contribution is 2.58. The maximum absolute atomic E-state index is 12.1. The van der Waals surface area contributed by atoms with Crippen molar-refractivity contribution < 1.29 is 4.79 Å². The molecule has 1 spiro atoms. The fraction of sp³-hybridized carbons (Fsp3) is 0.571. The summed E-state index contributed by atoms with van der Waals surface area (Å²) in [5.74, 6) is 0.352. The Bertz CT molecular complexity index is 511. The Morgan fingerprint density at radius 1 is 1.37 bits per heavy atom. The summed E-state index contributed by atoms with van der Waals surface area (Å²) in [4.78, 5) is 25.7. The van der Waals surface area contributed by atoms with E-state index in [-0.39, 0.29) is 22.8 Å². The quantitative estimate of drug-likeness (QED) is 0.736. The average Bonchev–Trinajstić information content (AvgIpc) is 3.12. The van der Waals surface area contributed by atoms with E-state index >= 15 is 0 Å². The summed E-state index contributed by atoms with van der Waals surface area (Å²) < 4.78 is 0. The summed E-state index contributed by atoms with van der Waals surface area (Å²) in [7, 11) is 0. The number of piperidine rings is 1. The minimum absolute atomic E-state index is 0.120. The van der Waals surface area contributed by atoms with Crippen LogP contribution in [0.4, 0.5) is 0 Å². The molecule has 2 aliphatic rings. The van der Waals surface area contributed by atoms with Crippen LogP contribution in [-0.2, 0) is 11.3 Å². The molecule has 3 N–H and O–H groups in total. The molecule has 1 amide bonds. The summed E-state index contributed by atoms with van der Waals surface area (Å²) >= 11 is 0. The van der Waals surface area contributed by atoms with E-state index in [1.807, 2.05) is 0 Å². The van der Waals surface area contributed by atoms with Crippen molar-refractivity contribution in [2.45, 2.75) is 25.8 Å². The molecule has 2 heterocycles. The number of aromatic nitrogens is 1. The van der Waals surface area contributed by atoms with Crippen LogP contribution >= 0.6 is 0 Å². The number of rotatable bonds is 3. The Labute approximate surface area is 111 Å². The number of pyridine rings is 1. The van der Waals surface area contributed by atoms with Crippen molar-refractivity contribution in [2.75, 3.05) is 13.1 Å². The molecule has 3 rings (SSSR count). The molecule has 1 aliphatic carbocycles. The van der Waals surface area contributed by atoms with Crippen molar-refractivity contribution in [3.05, 3.63) is 34.2 Å². The highest BCUT2D eigenvalue weighted by Gasteiger charge is 2.57. The third-order valence-electron chi connectivity index (χ3n) is 4.42. The van der Waals surface area contributed by atoms with Gasteiger partial charge in [0.2, 0.25) is 11.5 Å². The molecule has 1 aromatic heterocycles. The van der Waals surface area contributed by atoms with Gasteiger partial charge in [0.25, 0.3) is 0 Å². The zero-order valence-electron chi connectivity index (χ0n) is 10.9. The van der Waals surface area contributed by atoms with Crippen LogP contribution in [0.5, 0.6) is 0 Å². The fourth-order valence-corrected chi connectivity index (χ4v) is 3.06. The Morgan fingerprint density at radius 3 is 2.84 bits per heavy atom. The van der Waals surface area contributed by atoms with Gasteiger partial charge in [0.1, 0.15) is 0 Å². The van der Waals surface area contributed by atoms with Gasteiger partial charge < -0.3 is 15.6 Å². The fourth-order valence-electron chi connectivity index (χ4n) is 3.06. The molecule has 19 heavy (non-hydrogen) atoms. The van der Waals surface area contributed by atoms with Gasteiger partial charge in [0.15, 0.2) is 0 Å². The van der Waals surface area contributed by atoms with E-state index in [9.17, 15) is 9.59 Å². The van der Waals surface area contributed by atoms with Crippen LogP contribution < -0.4 is 16.2 Å². The van der Waals surface area contributed by atoms with E-state index in [0.29, 0.717) is 6.54 Å². The second-order valence-electron chi connectivity index (χ2n) is 5.65. The number of aromatic amines is 1. The number of amides is 1. The molecular weight excluding hydrogens is 242 g/mol. The van der Waals surface area contributed by atoms with Crippen LogP contribution in [0.25, 0.3) is 0 Å². The average molecular weight is 261 g/mol. The summed E-state index contributed by atoms with van der Waals surface area (Å²) in [6.07, 6.45) is 4.91. The molecule has 1 aliphatic heterocycles. The first-order valence-corrected chi connectivity index (χ1v) is 6.86. The molecule has 0 bridgehead atoms. The van der Waals surface area contributed by atoms with Crippen LogP contribution in [0.2, 0.25) is 0 Å². The third-order valence-corrected chi connectivity index (χ3v) is 4.42. The second kappa shape index (κ2) is 4.81. The van der Waals surface area contributed by atoms with Gasteiger partial charge in [-0.05, 0) is 43.3 Å². The number of carbonyl (C=O) groups excluding carboxylic acids is 1. The van der Waals surface area contributed by atoms with Crippen molar-refractivity contribution >= 4 is 5.91 Å². The van der Waals surface area contributed by atoms with Gasteiger partial charge in [-0.25, -0.2) is 0 Å². The van der Waals surface area contributed by atoms with E-state index < -0.39 is 0 Å². The van der Waals surface area contributed by atoms with Gasteiger partial charge in [0, 0.05) is 24.7 Å². The molecule has 2 fully saturated rings. The predicted molar refractivity (Wildman–Crippen MR) is 71.6 cm³/mol. The van der Waals surface area contributed by atoms with E-state index in [1.54, 1.807) is 12.3 Å². The number of hydrogen-bond acceptors (Lipinski definition) is 3. The molecule has 1 saturated carbocycles. The molecule has 1 saturated heterocycles. The van der Waals surface area contributed by atoms with Gasteiger partial charge in [-0.3, -0.25) is 9.59 Å². The molecule has 1 aromatic rings. The minimum Gasteiger partial charge on any atom is -0.352 e. The Balaban J connectivity index is 1.52. The van der Waals surface area contributed by atoms with Crippen LogP contribution in [0, 0.1) is 11.3 Å². The zero-order valence-corrected chi connectivity index (χ0v) is 10.9. The SMILES string of the molecule is O=C(NCc1ccc(=O)[nH]c1)C1CC12CCNCC2. The molecule has 5 nitrogen and oxygen atoms in total. The summed E-state index contributed by atoms with van der Waals surface area (Å²) in [6, 6.07) is 3.22. The molecule has 0 aromatic carbocycles.